The summed E-state index contributed by atoms with van der Waals surface area (Å²) >= 11 is 0. The number of likely N-dealkylation sites (N-methyl/N-ethyl adjacent to an activating group) is 1. The first-order chi connectivity index (χ1) is 10.1. The Hall–Kier alpha value is -0.160. The summed E-state index contributed by atoms with van der Waals surface area (Å²) < 4.78 is 5.77. The summed E-state index contributed by atoms with van der Waals surface area (Å²) in [6.07, 6.45) is 5.37. The lowest BCUT2D eigenvalue weighted by Gasteiger charge is -2.36. The van der Waals surface area contributed by atoms with E-state index in [1.807, 2.05) is 0 Å². The van der Waals surface area contributed by atoms with Gasteiger partial charge in [-0.25, -0.2) is 0 Å². The highest BCUT2D eigenvalue weighted by molar-refractivity contribution is 4.95. The third kappa shape index (κ3) is 3.61. The third-order valence-electron chi connectivity index (χ3n) is 5.86. The highest BCUT2D eigenvalue weighted by Gasteiger charge is 2.40. The molecule has 3 atom stereocenters. The standard InChI is InChI=1S/C17H33N3O/c1-14(2)18-11-17(7-9-21-13-17)12-20-8-6-15-4-5-16(10-20)19(15)3/h14-16,18H,4-13H2,1-3H3. The summed E-state index contributed by atoms with van der Waals surface area (Å²) in [6, 6.07) is 2.19. The summed E-state index contributed by atoms with van der Waals surface area (Å²) in [4.78, 5) is 5.38. The third-order valence-corrected chi connectivity index (χ3v) is 5.86. The zero-order chi connectivity index (χ0) is 14.9. The Bertz CT molecular complexity index is 341. The number of hydrogen-bond donors (Lipinski definition) is 1. The summed E-state index contributed by atoms with van der Waals surface area (Å²) in [6.45, 7) is 11.2. The van der Waals surface area contributed by atoms with Crippen LogP contribution in [0, 0.1) is 5.41 Å². The molecule has 0 aromatic heterocycles. The number of ether oxygens (including phenoxy) is 1. The summed E-state index contributed by atoms with van der Waals surface area (Å²) in [5, 5.41) is 3.66. The Kier molecular flexibility index (Phi) is 4.89. The SMILES string of the molecule is CC(C)NCC1(CN2CCC3CCC(C2)N3C)CCOC1. The molecule has 0 aliphatic carbocycles. The van der Waals surface area contributed by atoms with Crippen molar-refractivity contribution in [2.24, 2.45) is 5.41 Å². The van der Waals surface area contributed by atoms with Crippen LogP contribution in [0.2, 0.25) is 0 Å². The molecule has 3 aliphatic heterocycles. The average molecular weight is 295 g/mol. The summed E-state index contributed by atoms with van der Waals surface area (Å²) in [5.74, 6) is 0. The molecule has 1 N–H and O–H groups in total. The van der Waals surface area contributed by atoms with Gasteiger partial charge in [0, 0.05) is 49.8 Å². The van der Waals surface area contributed by atoms with Crippen LogP contribution in [-0.4, -0.2) is 74.4 Å². The van der Waals surface area contributed by atoms with E-state index in [1.165, 1.54) is 45.3 Å². The first-order valence-electron chi connectivity index (χ1n) is 8.83. The Morgan fingerprint density at radius 2 is 2.05 bits per heavy atom. The van der Waals surface area contributed by atoms with Crippen molar-refractivity contribution in [2.75, 3.05) is 46.4 Å². The normalized spacial score (nSPS) is 38.3. The van der Waals surface area contributed by atoms with Crippen molar-refractivity contribution in [1.29, 1.82) is 0 Å². The van der Waals surface area contributed by atoms with Crippen LogP contribution in [0.15, 0.2) is 0 Å². The van der Waals surface area contributed by atoms with Crippen molar-refractivity contribution in [1.82, 2.24) is 15.1 Å². The maximum Gasteiger partial charge on any atom is 0.0547 e. The van der Waals surface area contributed by atoms with E-state index in [4.69, 9.17) is 4.74 Å². The van der Waals surface area contributed by atoms with Gasteiger partial charge in [0.05, 0.1) is 6.61 Å². The Morgan fingerprint density at radius 3 is 2.76 bits per heavy atom. The molecule has 3 rings (SSSR count). The van der Waals surface area contributed by atoms with E-state index in [-0.39, 0.29) is 0 Å². The number of likely N-dealkylation sites (tertiary alicyclic amines) is 1. The molecule has 0 radical (unpaired) electrons. The van der Waals surface area contributed by atoms with E-state index >= 15 is 0 Å². The number of rotatable bonds is 5. The van der Waals surface area contributed by atoms with E-state index in [9.17, 15) is 0 Å². The van der Waals surface area contributed by atoms with E-state index in [0.29, 0.717) is 11.5 Å². The van der Waals surface area contributed by atoms with Crippen molar-refractivity contribution in [3.8, 4) is 0 Å². The Labute approximate surface area is 130 Å². The minimum atomic E-state index is 0.340. The fourth-order valence-electron chi connectivity index (χ4n) is 4.39. The zero-order valence-corrected chi connectivity index (χ0v) is 14.1. The molecule has 122 valence electrons. The molecular weight excluding hydrogens is 262 g/mol. The highest BCUT2D eigenvalue weighted by atomic mass is 16.5. The number of nitrogens with zero attached hydrogens (tertiary/aromatic N) is 2. The summed E-state index contributed by atoms with van der Waals surface area (Å²) in [7, 11) is 2.33. The van der Waals surface area contributed by atoms with Gasteiger partial charge in [0.1, 0.15) is 0 Å². The quantitative estimate of drug-likeness (QED) is 0.833. The lowest BCUT2D eigenvalue weighted by molar-refractivity contribution is 0.101. The molecular formula is C17H33N3O. The van der Waals surface area contributed by atoms with Crippen molar-refractivity contribution >= 4 is 0 Å². The van der Waals surface area contributed by atoms with Crippen LogP contribution >= 0.6 is 0 Å². The second-order valence-corrected chi connectivity index (χ2v) is 7.91. The number of nitrogens with one attached hydrogen (secondary N) is 1. The minimum Gasteiger partial charge on any atom is -0.381 e. The van der Waals surface area contributed by atoms with Crippen molar-refractivity contribution in [3.05, 3.63) is 0 Å². The topological polar surface area (TPSA) is 27.7 Å². The monoisotopic (exact) mass is 295 g/mol. The van der Waals surface area contributed by atoms with Crippen molar-refractivity contribution in [3.63, 3.8) is 0 Å². The number of hydrogen-bond acceptors (Lipinski definition) is 4. The number of fused-ring (bicyclic) bond motifs is 2. The Morgan fingerprint density at radius 1 is 1.24 bits per heavy atom. The highest BCUT2D eigenvalue weighted by Crippen LogP contribution is 2.33. The summed E-state index contributed by atoms with van der Waals surface area (Å²) in [5.41, 5.74) is 0.340. The van der Waals surface area contributed by atoms with Gasteiger partial charge in [0.2, 0.25) is 0 Å². The van der Waals surface area contributed by atoms with Gasteiger partial charge in [-0.05, 0) is 39.3 Å². The van der Waals surface area contributed by atoms with Crippen LogP contribution in [0.4, 0.5) is 0 Å². The van der Waals surface area contributed by atoms with E-state index in [2.05, 4.69) is 36.0 Å². The maximum absolute atomic E-state index is 5.77. The van der Waals surface area contributed by atoms with Gasteiger partial charge in [0.25, 0.3) is 0 Å². The van der Waals surface area contributed by atoms with Gasteiger partial charge in [-0.1, -0.05) is 13.8 Å². The van der Waals surface area contributed by atoms with Crippen LogP contribution in [0.25, 0.3) is 0 Å². The lowest BCUT2D eigenvalue weighted by Crippen LogP contribution is -2.48. The van der Waals surface area contributed by atoms with Gasteiger partial charge in [-0.15, -0.1) is 0 Å². The maximum atomic E-state index is 5.77. The molecule has 3 aliphatic rings. The molecule has 3 unspecified atom stereocenters. The van der Waals surface area contributed by atoms with Crippen LogP contribution in [-0.2, 0) is 4.74 Å². The van der Waals surface area contributed by atoms with Gasteiger partial charge in [0.15, 0.2) is 0 Å². The molecule has 0 aromatic rings. The van der Waals surface area contributed by atoms with Crippen LogP contribution in [0.3, 0.4) is 0 Å². The smallest absolute Gasteiger partial charge is 0.0547 e. The Balaban J connectivity index is 1.60. The molecule has 4 nitrogen and oxygen atoms in total. The fraction of sp³-hybridized carbons (Fsp3) is 1.00. The molecule has 0 aromatic carbocycles. The van der Waals surface area contributed by atoms with Gasteiger partial charge in [-0.3, -0.25) is 4.90 Å². The molecule has 0 amide bonds. The van der Waals surface area contributed by atoms with Crippen molar-refractivity contribution in [2.45, 2.75) is 57.7 Å². The van der Waals surface area contributed by atoms with Crippen molar-refractivity contribution < 1.29 is 4.74 Å². The first-order valence-corrected chi connectivity index (χ1v) is 8.83. The predicted octanol–water partition coefficient (Wildman–Crippen LogP) is 1.56. The zero-order valence-electron chi connectivity index (χ0n) is 14.1. The largest absolute Gasteiger partial charge is 0.381 e. The second-order valence-electron chi connectivity index (χ2n) is 7.91. The molecule has 3 heterocycles. The van der Waals surface area contributed by atoms with Gasteiger partial charge >= 0.3 is 0 Å². The van der Waals surface area contributed by atoms with E-state index in [1.54, 1.807) is 0 Å². The van der Waals surface area contributed by atoms with Crippen LogP contribution < -0.4 is 5.32 Å². The fourth-order valence-corrected chi connectivity index (χ4v) is 4.39. The molecule has 3 saturated heterocycles. The molecule has 3 fully saturated rings. The van der Waals surface area contributed by atoms with Gasteiger partial charge < -0.3 is 15.0 Å². The second kappa shape index (κ2) is 6.53. The lowest BCUT2D eigenvalue weighted by atomic mass is 9.86. The van der Waals surface area contributed by atoms with Crippen LogP contribution in [0.1, 0.15) is 39.5 Å². The molecule has 4 heteroatoms. The first kappa shape index (κ1) is 15.7. The molecule has 2 bridgehead atoms. The average Bonchev–Trinajstić information content (AvgIpc) is 2.98. The molecule has 21 heavy (non-hydrogen) atoms. The minimum absolute atomic E-state index is 0.340. The molecule has 0 saturated carbocycles. The van der Waals surface area contributed by atoms with E-state index < -0.39 is 0 Å². The van der Waals surface area contributed by atoms with E-state index in [0.717, 1.165) is 31.8 Å². The van der Waals surface area contributed by atoms with Gasteiger partial charge in [-0.2, -0.15) is 0 Å². The predicted molar refractivity (Wildman–Crippen MR) is 86.6 cm³/mol. The van der Waals surface area contributed by atoms with Crippen LogP contribution in [0.5, 0.6) is 0 Å². The molecule has 0 spiro atoms.